The van der Waals surface area contributed by atoms with E-state index in [1.807, 2.05) is 17.8 Å². The van der Waals surface area contributed by atoms with E-state index in [2.05, 4.69) is 18.3 Å². The first kappa shape index (κ1) is 9.84. The Labute approximate surface area is 91.9 Å². The van der Waals surface area contributed by atoms with Crippen molar-refractivity contribution in [2.45, 2.75) is 19.0 Å². The molecule has 1 aromatic heterocycles. The smallest absolute Gasteiger partial charge is 0.0931 e. The van der Waals surface area contributed by atoms with Gasteiger partial charge in [-0.3, -0.25) is 0 Å². The number of hydrogen-bond acceptors (Lipinski definition) is 3. The molecule has 2 rings (SSSR count). The third-order valence-electron chi connectivity index (χ3n) is 2.08. The highest BCUT2D eigenvalue weighted by atomic mass is 35.5. The average Bonchev–Trinajstić information content (AvgIpc) is 2.52. The zero-order valence-corrected chi connectivity index (χ0v) is 9.81. The van der Waals surface area contributed by atoms with E-state index in [9.17, 15) is 0 Å². The Kier molecular flexibility index (Phi) is 3.19. The average molecular weight is 234 g/mol. The van der Waals surface area contributed by atoms with Gasteiger partial charge in [-0.15, -0.1) is 11.3 Å². The van der Waals surface area contributed by atoms with Gasteiger partial charge in [0.1, 0.15) is 0 Å². The van der Waals surface area contributed by atoms with Crippen LogP contribution in [0.25, 0.3) is 0 Å². The van der Waals surface area contributed by atoms with Crippen LogP contribution in [0.4, 0.5) is 0 Å². The lowest BCUT2D eigenvalue weighted by Gasteiger charge is -2.27. The third-order valence-corrected chi connectivity index (χ3v) is 4.73. The van der Waals surface area contributed by atoms with Crippen LogP contribution in [0.2, 0.25) is 4.34 Å². The molecule has 1 aliphatic heterocycles. The Balaban J connectivity index is 2.08. The Morgan fingerprint density at radius 3 is 2.92 bits per heavy atom. The van der Waals surface area contributed by atoms with Crippen LogP contribution in [0, 0.1) is 0 Å². The number of thiophene rings is 1. The van der Waals surface area contributed by atoms with Crippen molar-refractivity contribution in [2.75, 3.05) is 11.5 Å². The van der Waals surface area contributed by atoms with Gasteiger partial charge in [-0.2, -0.15) is 11.8 Å². The Morgan fingerprint density at radius 1 is 1.46 bits per heavy atom. The van der Waals surface area contributed by atoms with Crippen molar-refractivity contribution in [3.05, 3.63) is 21.3 Å². The standard InChI is InChI=1S/C9H12ClNS2/c1-6-4-12-5-7(11-6)8-2-3-9(10)13-8/h2-3,6-7,11H,4-5H2,1H3. The van der Waals surface area contributed by atoms with Gasteiger partial charge in [-0.05, 0) is 19.1 Å². The molecule has 2 unspecified atom stereocenters. The zero-order chi connectivity index (χ0) is 9.26. The van der Waals surface area contributed by atoms with Crippen LogP contribution in [0.1, 0.15) is 17.8 Å². The van der Waals surface area contributed by atoms with Gasteiger partial charge >= 0.3 is 0 Å². The van der Waals surface area contributed by atoms with E-state index in [-0.39, 0.29) is 0 Å². The Bertz CT molecular complexity index is 287. The molecule has 0 aliphatic carbocycles. The minimum atomic E-state index is 0.506. The maximum atomic E-state index is 5.90. The number of nitrogens with one attached hydrogen (secondary N) is 1. The number of halogens is 1. The van der Waals surface area contributed by atoms with Crippen LogP contribution in [-0.4, -0.2) is 17.5 Å². The summed E-state index contributed by atoms with van der Waals surface area (Å²) < 4.78 is 0.889. The van der Waals surface area contributed by atoms with Crippen LogP contribution in [0.3, 0.4) is 0 Å². The molecule has 0 aromatic carbocycles. The molecule has 2 atom stereocenters. The summed E-state index contributed by atoms with van der Waals surface area (Å²) in [5, 5.41) is 3.58. The van der Waals surface area contributed by atoms with Gasteiger partial charge in [0.05, 0.1) is 10.4 Å². The van der Waals surface area contributed by atoms with Crippen LogP contribution in [0.15, 0.2) is 12.1 Å². The van der Waals surface area contributed by atoms with E-state index in [1.54, 1.807) is 11.3 Å². The van der Waals surface area contributed by atoms with Gasteiger partial charge in [0, 0.05) is 22.4 Å². The molecule has 1 saturated heterocycles. The number of hydrogen-bond donors (Lipinski definition) is 1. The fraction of sp³-hybridized carbons (Fsp3) is 0.556. The van der Waals surface area contributed by atoms with Crippen molar-refractivity contribution in [2.24, 2.45) is 0 Å². The van der Waals surface area contributed by atoms with E-state index in [1.165, 1.54) is 16.4 Å². The second-order valence-corrected chi connectivity index (χ2v) is 6.12. The molecule has 2 heterocycles. The van der Waals surface area contributed by atoms with Crippen LogP contribution in [0.5, 0.6) is 0 Å². The molecule has 1 aliphatic rings. The predicted molar refractivity (Wildman–Crippen MR) is 62.0 cm³/mol. The predicted octanol–water partition coefficient (Wildman–Crippen LogP) is 3.17. The zero-order valence-electron chi connectivity index (χ0n) is 7.42. The van der Waals surface area contributed by atoms with Crippen LogP contribution < -0.4 is 5.32 Å². The second kappa shape index (κ2) is 4.22. The highest BCUT2D eigenvalue weighted by molar-refractivity contribution is 7.99. The lowest BCUT2D eigenvalue weighted by molar-refractivity contribution is 0.508. The van der Waals surface area contributed by atoms with Gasteiger partial charge in [-0.25, -0.2) is 0 Å². The molecule has 0 bridgehead atoms. The molecule has 0 amide bonds. The van der Waals surface area contributed by atoms with Crippen LogP contribution in [-0.2, 0) is 0 Å². The van der Waals surface area contributed by atoms with E-state index in [0.717, 1.165) is 4.34 Å². The second-order valence-electron chi connectivity index (χ2n) is 3.30. The first-order valence-electron chi connectivity index (χ1n) is 4.35. The molecule has 1 nitrogen and oxygen atoms in total. The topological polar surface area (TPSA) is 12.0 Å². The molecule has 0 radical (unpaired) electrons. The highest BCUT2D eigenvalue weighted by Crippen LogP contribution is 2.31. The Hall–Kier alpha value is 0.300. The van der Waals surface area contributed by atoms with E-state index in [0.29, 0.717) is 12.1 Å². The molecule has 0 spiro atoms. The molecule has 72 valence electrons. The summed E-state index contributed by atoms with van der Waals surface area (Å²) >= 11 is 9.60. The molecule has 1 aromatic rings. The van der Waals surface area contributed by atoms with Gasteiger partial charge in [0.25, 0.3) is 0 Å². The van der Waals surface area contributed by atoms with Gasteiger partial charge in [-0.1, -0.05) is 11.6 Å². The number of thioether (sulfide) groups is 1. The minimum absolute atomic E-state index is 0.506. The number of rotatable bonds is 1. The molecular weight excluding hydrogens is 222 g/mol. The summed E-state index contributed by atoms with van der Waals surface area (Å²) in [7, 11) is 0. The fourth-order valence-corrected chi connectivity index (χ4v) is 3.81. The summed E-state index contributed by atoms with van der Waals surface area (Å²) in [4.78, 5) is 1.36. The van der Waals surface area contributed by atoms with Gasteiger partial charge in [0.15, 0.2) is 0 Å². The highest BCUT2D eigenvalue weighted by Gasteiger charge is 2.20. The van der Waals surface area contributed by atoms with Crippen molar-refractivity contribution in [1.29, 1.82) is 0 Å². The fourth-order valence-electron chi connectivity index (χ4n) is 1.48. The van der Waals surface area contributed by atoms with Gasteiger partial charge in [0.2, 0.25) is 0 Å². The van der Waals surface area contributed by atoms with Gasteiger partial charge < -0.3 is 5.32 Å². The summed E-state index contributed by atoms with van der Waals surface area (Å²) in [5.41, 5.74) is 0. The normalized spacial score (nSPS) is 29.1. The molecule has 1 N–H and O–H groups in total. The van der Waals surface area contributed by atoms with E-state index >= 15 is 0 Å². The molecule has 13 heavy (non-hydrogen) atoms. The summed E-state index contributed by atoms with van der Waals surface area (Å²) in [5.74, 6) is 2.39. The maximum Gasteiger partial charge on any atom is 0.0931 e. The lowest BCUT2D eigenvalue weighted by atomic mass is 10.2. The lowest BCUT2D eigenvalue weighted by Crippen LogP contribution is -2.37. The summed E-state index contributed by atoms with van der Waals surface area (Å²) in [6.45, 7) is 2.23. The van der Waals surface area contributed by atoms with Crippen molar-refractivity contribution in [1.82, 2.24) is 5.32 Å². The van der Waals surface area contributed by atoms with E-state index in [4.69, 9.17) is 11.6 Å². The first-order valence-corrected chi connectivity index (χ1v) is 6.69. The van der Waals surface area contributed by atoms with E-state index < -0.39 is 0 Å². The van der Waals surface area contributed by atoms with Crippen LogP contribution >= 0.6 is 34.7 Å². The molecule has 1 fully saturated rings. The minimum Gasteiger partial charge on any atom is -0.305 e. The summed E-state index contributed by atoms with van der Waals surface area (Å²) in [6.07, 6.45) is 0. The largest absolute Gasteiger partial charge is 0.305 e. The first-order chi connectivity index (χ1) is 6.25. The quantitative estimate of drug-likeness (QED) is 0.800. The summed E-state index contributed by atoms with van der Waals surface area (Å²) in [6, 6.07) is 5.23. The third kappa shape index (κ3) is 2.40. The Morgan fingerprint density at radius 2 is 2.31 bits per heavy atom. The van der Waals surface area contributed by atoms with Crippen molar-refractivity contribution >= 4 is 34.7 Å². The monoisotopic (exact) mass is 233 g/mol. The molecule has 4 heteroatoms. The van der Waals surface area contributed by atoms with Crippen molar-refractivity contribution < 1.29 is 0 Å². The maximum absolute atomic E-state index is 5.90. The van der Waals surface area contributed by atoms with Crippen molar-refractivity contribution in [3.8, 4) is 0 Å². The SMILES string of the molecule is CC1CSCC(c2ccc(Cl)s2)N1. The van der Waals surface area contributed by atoms with Crippen molar-refractivity contribution in [3.63, 3.8) is 0 Å². The molecular formula is C9H12ClNS2. The molecule has 0 saturated carbocycles.